The SMILES string of the molecule is CCCCCCCCCCCCCCCCCCCCCCCC(=O)OC[C@H](COP(=O)(O)OC[C@@H](O)COP(=O)(O)OC[C@@H](COC(=O)CCCCCCCCCCCCCCC)OC(=O)CCCCCCCCCCCCCCCCCCCCCC)OC(=O)CCCCCCCCCCCCCCCCCCCCCCC. The van der Waals surface area contributed by atoms with Crippen molar-refractivity contribution in [3.63, 3.8) is 0 Å². The molecule has 115 heavy (non-hydrogen) atoms. The maximum absolute atomic E-state index is 13.2. The molecule has 0 spiro atoms. The molecule has 0 fully saturated rings. The number of carbonyl (C=O) groups excluding carboxylic acids is 4. The molecule has 5 atom stereocenters. The van der Waals surface area contributed by atoms with Crippen molar-refractivity contribution in [3.05, 3.63) is 0 Å². The van der Waals surface area contributed by atoms with E-state index in [1.807, 2.05) is 0 Å². The number of carbonyl (C=O) groups is 4. The number of phosphoric acid groups is 2. The van der Waals surface area contributed by atoms with Gasteiger partial charge in [0.25, 0.3) is 0 Å². The van der Waals surface area contributed by atoms with E-state index in [4.69, 9.17) is 37.0 Å². The summed E-state index contributed by atoms with van der Waals surface area (Å²) in [5, 5.41) is 10.7. The maximum Gasteiger partial charge on any atom is 0.472 e. The lowest BCUT2D eigenvalue weighted by molar-refractivity contribution is -0.161. The molecule has 0 aliphatic heterocycles. The van der Waals surface area contributed by atoms with Gasteiger partial charge in [-0.3, -0.25) is 37.3 Å². The van der Waals surface area contributed by atoms with Gasteiger partial charge in [0.1, 0.15) is 19.3 Å². The normalized spacial score (nSPS) is 13.6. The second kappa shape index (κ2) is 89.8. The van der Waals surface area contributed by atoms with Gasteiger partial charge in [0.05, 0.1) is 26.4 Å². The fourth-order valence-corrected chi connectivity index (χ4v) is 16.9. The van der Waals surface area contributed by atoms with Gasteiger partial charge in [-0.1, -0.05) is 484 Å². The Morgan fingerprint density at radius 2 is 0.348 bits per heavy atom. The van der Waals surface area contributed by atoms with Gasteiger partial charge in [0, 0.05) is 25.7 Å². The molecule has 0 aromatic rings. The number of aliphatic hydroxyl groups excluding tert-OH is 1. The molecular formula is C96H188O17P2. The van der Waals surface area contributed by atoms with Crippen molar-refractivity contribution in [3.8, 4) is 0 Å². The average Bonchev–Trinajstić information content (AvgIpc) is 0.899. The number of hydrogen-bond acceptors (Lipinski definition) is 15. The highest BCUT2D eigenvalue weighted by Crippen LogP contribution is 2.45. The van der Waals surface area contributed by atoms with E-state index in [-0.39, 0.29) is 25.7 Å². The Balaban J connectivity index is 5.24. The first-order valence-electron chi connectivity index (χ1n) is 49.8. The zero-order valence-electron chi connectivity index (χ0n) is 75.8. The van der Waals surface area contributed by atoms with Gasteiger partial charge < -0.3 is 33.8 Å². The molecule has 0 amide bonds. The smallest absolute Gasteiger partial charge is 0.462 e. The van der Waals surface area contributed by atoms with Crippen molar-refractivity contribution >= 4 is 39.5 Å². The van der Waals surface area contributed by atoms with E-state index in [0.717, 1.165) is 89.9 Å². The topological polar surface area (TPSA) is 237 Å². The predicted octanol–water partition coefficient (Wildman–Crippen LogP) is 30.4. The summed E-state index contributed by atoms with van der Waals surface area (Å²) in [6.45, 7) is 5.12. The molecule has 0 saturated heterocycles. The molecule has 2 unspecified atom stereocenters. The first-order chi connectivity index (χ1) is 56.2. The molecule has 0 bridgehead atoms. The minimum absolute atomic E-state index is 0.110. The van der Waals surface area contributed by atoms with Crippen LogP contribution in [0.25, 0.3) is 0 Å². The quantitative estimate of drug-likeness (QED) is 0.0222. The number of phosphoric ester groups is 2. The minimum atomic E-state index is -4.97. The van der Waals surface area contributed by atoms with E-state index in [1.54, 1.807) is 0 Å². The summed E-state index contributed by atoms with van der Waals surface area (Å²) in [7, 11) is -9.94. The van der Waals surface area contributed by atoms with Gasteiger partial charge in [0.2, 0.25) is 0 Å². The van der Waals surface area contributed by atoms with Crippen molar-refractivity contribution in [1.29, 1.82) is 0 Å². The predicted molar refractivity (Wildman–Crippen MR) is 479 cm³/mol. The van der Waals surface area contributed by atoms with E-state index in [1.165, 1.54) is 366 Å². The van der Waals surface area contributed by atoms with Crippen LogP contribution in [0.1, 0.15) is 535 Å². The van der Waals surface area contributed by atoms with E-state index >= 15 is 0 Å². The van der Waals surface area contributed by atoms with Gasteiger partial charge in [-0.15, -0.1) is 0 Å². The van der Waals surface area contributed by atoms with Gasteiger partial charge in [-0.2, -0.15) is 0 Å². The minimum Gasteiger partial charge on any atom is -0.462 e. The number of aliphatic hydroxyl groups is 1. The molecular weight excluding hydrogens is 1490 g/mol. The lowest BCUT2D eigenvalue weighted by atomic mass is 10.0. The molecule has 17 nitrogen and oxygen atoms in total. The number of hydrogen-bond donors (Lipinski definition) is 3. The summed E-state index contributed by atoms with van der Waals surface area (Å²) in [5.41, 5.74) is 0. The van der Waals surface area contributed by atoms with Crippen molar-refractivity contribution in [2.24, 2.45) is 0 Å². The largest absolute Gasteiger partial charge is 0.472 e. The molecule has 684 valence electrons. The summed E-state index contributed by atoms with van der Waals surface area (Å²) in [5.74, 6) is -2.08. The number of esters is 4. The third-order valence-electron chi connectivity index (χ3n) is 22.9. The van der Waals surface area contributed by atoms with Crippen molar-refractivity contribution in [1.82, 2.24) is 0 Å². The van der Waals surface area contributed by atoms with Crippen LogP contribution in [0.4, 0.5) is 0 Å². The van der Waals surface area contributed by atoms with Gasteiger partial charge >= 0.3 is 39.5 Å². The van der Waals surface area contributed by atoms with Crippen molar-refractivity contribution in [2.45, 2.75) is 553 Å². The number of ether oxygens (including phenoxy) is 4. The third-order valence-corrected chi connectivity index (χ3v) is 24.8. The summed E-state index contributed by atoms with van der Waals surface area (Å²) in [4.78, 5) is 73.6. The van der Waals surface area contributed by atoms with E-state index in [9.17, 15) is 43.2 Å². The first-order valence-corrected chi connectivity index (χ1v) is 52.8. The average molecular weight is 1680 g/mol. The standard InChI is InChI=1S/C96H188O17P2/c1-5-9-13-17-21-25-29-33-36-39-42-45-48-50-53-57-61-65-69-73-77-81-94(99)107-87-92(113-96(101)83-79-75-71-67-63-59-55-52-49-46-43-40-37-34-30-26-22-18-14-10-6-2)89-111-115(104,105)109-85-90(97)84-108-114(102,103)110-88-91(86-106-93(98)80-76-72-68-64-60-56-32-28-24-20-16-12-8-4)112-95(100)82-78-74-70-66-62-58-54-51-47-44-41-38-35-31-27-23-19-15-11-7-3/h90-92,97H,5-89H2,1-4H3,(H,102,103)(H,104,105)/t90-,91+,92+/m0/s1. The highest BCUT2D eigenvalue weighted by atomic mass is 31.2. The van der Waals surface area contributed by atoms with Crippen molar-refractivity contribution < 1.29 is 80.2 Å². The molecule has 0 aliphatic rings. The van der Waals surface area contributed by atoms with Crippen LogP contribution in [0.3, 0.4) is 0 Å². The zero-order valence-corrected chi connectivity index (χ0v) is 77.6. The lowest BCUT2D eigenvalue weighted by Gasteiger charge is -2.21. The molecule has 0 saturated carbocycles. The van der Waals surface area contributed by atoms with Crippen LogP contribution < -0.4 is 0 Å². The fraction of sp³-hybridized carbons (Fsp3) is 0.958. The fourth-order valence-electron chi connectivity index (χ4n) is 15.3. The highest BCUT2D eigenvalue weighted by molar-refractivity contribution is 7.47. The zero-order chi connectivity index (χ0) is 83.8. The highest BCUT2D eigenvalue weighted by Gasteiger charge is 2.31. The summed E-state index contributed by atoms with van der Waals surface area (Å²) in [6, 6.07) is 0. The summed E-state index contributed by atoms with van der Waals surface area (Å²) >= 11 is 0. The molecule has 3 N–H and O–H groups in total. The molecule has 0 radical (unpaired) electrons. The van der Waals surface area contributed by atoms with Crippen molar-refractivity contribution in [2.75, 3.05) is 39.6 Å². The molecule has 0 rings (SSSR count). The van der Waals surface area contributed by atoms with Gasteiger partial charge in [-0.25, -0.2) is 9.13 Å². The second-order valence-corrected chi connectivity index (χ2v) is 37.4. The molecule has 0 aromatic heterocycles. The van der Waals surface area contributed by atoms with E-state index in [2.05, 4.69) is 27.7 Å². The Hall–Kier alpha value is -1.94. The first kappa shape index (κ1) is 113. The Bertz CT molecular complexity index is 2160. The van der Waals surface area contributed by atoms with Crippen LogP contribution in [0, 0.1) is 0 Å². The molecule has 0 aliphatic carbocycles. The van der Waals surface area contributed by atoms with Gasteiger partial charge in [0.15, 0.2) is 12.2 Å². The van der Waals surface area contributed by atoms with Crippen LogP contribution in [-0.2, 0) is 65.4 Å². The Labute approximate surface area is 708 Å². The summed E-state index contributed by atoms with van der Waals surface area (Å²) in [6.07, 6.45) is 89.1. The second-order valence-electron chi connectivity index (χ2n) is 34.5. The lowest BCUT2D eigenvalue weighted by Crippen LogP contribution is -2.30. The molecule has 19 heteroatoms. The molecule has 0 heterocycles. The van der Waals surface area contributed by atoms with Crippen LogP contribution >= 0.6 is 15.6 Å². The van der Waals surface area contributed by atoms with E-state index < -0.39 is 97.5 Å². The Kier molecular flexibility index (Phi) is 88.3. The summed E-state index contributed by atoms with van der Waals surface area (Å²) < 4.78 is 69.3. The van der Waals surface area contributed by atoms with E-state index in [0.29, 0.717) is 25.7 Å². The van der Waals surface area contributed by atoms with Crippen LogP contribution in [0.5, 0.6) is 0 Å². The van der Waals surface area contributed by atoms with Crippen LogP contribution in [0.2, 0.25) is 0 Å². The maximum atomic E-state index is 13.2. The monoisotopic (exact) mass is 1680 g/mol. The van der Waals surface area contributed by atoms with Gasteiger partial charge in [-0.05, 0) is 25.7 Å². The Morgan fingerprint density at radius 3 is 0.513 bits per heavy atom. The third kappa shape index (κ3) is 89.6. The molecule has 0 aromatic carbocycles. The van der Waals surface area contributed by atoms with Crippen LogP contribution in [0.15, 0.2) is 0 Å². The number of rotatable bonds is 97. The number of unbranched alkanes of at least 4 members (excludes halogenated alkanes) is 71. The Morgan fingerprint density at radius 1 is 0.209 bits per heavy atom. The van der Waals surface area contributed by atoms with Crippen LogP contribution in [-0.4, -0.2) is 96.7 Å².